The summed E-state index contributed by atoms with van der Waals surface area (Å²) in [6.45, 7) is 2.14. The van der Waals surface area contributed by atoms with Crippen molar-refractivity contribution in [1.29, 1.82) is 0 Å². The fraction of sp³-hybridized carbons (Fsp3) is 0.409. The predicted octanol–water partition coefficient (Wildman–Crippen LogP) is 6.27. The van der Waals surface area contributed by atoms with E-state index >= 15 is 0 Å². The van der Waals surface area contributed by atoms with E-state index in [1.165, 1.54) is 0 Å². The first-order valence-electron chi connectivity index (χ1n) is 9.27. The van der Waals surface area contributed by atoms with Gasteiger partial charge in [-0.1, -0.05) is 79.8 Å². The molecule has 0 aromatic heterocycles. The maximum Gasteiger partial charge on any atom is 0.444 e. The first-order chi connectivity index (χ1) is 12.7. The number of rotatable bonds is 14. The maximum atomic E-state index is 10.8. The largest absolute Gasteiger partial charge is 0.444 e. The van der Waals surface area contributed by atoms with Gasteiger partial charge < -0.3 is 0 Å². The van der Waals surface area contributed by atoms with Crippen LogP contribution >= 0.6 is 0 Å². The van der Waals surface area contributed by atoms with Crippen LogP contribution in [0.2, 0.25) is 0 Å². The average molecular weight is 357 g/mol. The van der Waals surface area contributed by atoms with Gasteiger partial charge in [0.1, 0.15) is 4.92 Å². The van der Waals surface area contributed by atoms with Gasteiger partial charge in [-0.2, -0.15) is 0 Å². The third-order valence-electron chi connectivity index (χ3n) is 3.33. The van der Waals surface area contributed by atoms with Crippen molar-refractivity contribution in [2.75, 3.05) is 0 Å². The molecule has 0 bridgehead atoms. The molecule has 0 rings (SSSR count). The van der Waals surface area contributed by atoms with E-state index in [1.807, 2.05) is 24.3 Å². The highest BCUT2D eigenvalue weighted by Crippen LogP contribution is 1.98. The second kappa shape index (κ2) is 18.8. The van der Waals surface area contributed by atoms with E-state index in [4.69, 9.17) is 0 Å². The molecule has 0 heterocycles. The van der Waals surface area contributed by atoms with Crippen LogP contribution in [0.4, 0.5) is 0 Å². The molecule has 4 nitrogen and oxygen atoms in total. The second-order valence-corrected chi connectivity index (χ2v) is 5.62. The van der Waals surface area contributed by atoms with E-state index in [-0.39, 0.29) is 6.42 Å². The quantitative estimate of drug-likeness (QED) is 0.121. The lowest BCUT2D eigenvalue weighted by atomic mass is 10.2. The van der Waals surface area contributed by atoms with Crippen molar-refractivity contribution in [1.82, 2.24) is 0 Å². The smallest absolute Gasteiger partial charge is 0.256 e. The zero-order valence-electron chi connectivity index (χ0n) is 15.8. The van der Waals surface area contributed by atoms with Crippen LogP contribution in [0, 0.1) is 10.1 Å². The van der Waals surface area contributed by atoms with Crippen molar-refractivity contribution < 1.29 is 9.72 Å². The third-order valence-corrected chi connectivity index (χ3v) is 3.33. The Morgan fingerprint density at radius 3 is 1.88 bits per heavy atom. The summed E-state index contributed by atoms with van der Waals surface area (Å²) in [4.78, 5) is 20.0. The molecule has 0 saturated carbocycles. The summed E-state index contributed by atoms with van der Waals surface area (Å²) in [5.41, 5.74) is 0. The Bertz CT molecular complexity index is 552. The molecular weight excluding hydrogens is 326 g/mol. The summed E-state index contributed by atoms with van der Waals surface area (Å²) in [6, 6.07) is 0. The highest BCUT2D eigenvalue weighted by atomic mass is 16.6. The Labute approximate surface area is 157 Å². The van der Waals surface area contributed by atoms with Crippen LogP contribution in [0.3, 0.4) is 0 Å². The summed E-state index contributed by atoms with van der Waals surface area (Å²) in [5, 5.41) is 10.1. The second-order valence-electron chi connectivity index (χ2n) is 5.62. The van der Waals surface area contributed by atoms with Crippen molar-refractivity contribution in [2.45, 2.75) is 58.3 Å². The van der Waals surface area contributed by atoms with Gasteiger partial charge >= 0.3 is 5.91 Å². The highest BCUT2D eigenvalue weighted by molar-refractivity contribution is 5.67. The van der Waals surface area contributed by atoms with Crippen LogP contribution in [-0.4, -0.2) is 10.8 Å². The van der Waals surface area contributed by atoms with Crippen LogP contribution in [0.1, 0.15) is 58.3 Å². The number of carbonyl (C=O) groups excluding carboxylic acids is 1. The van der Waals surface area contributed by atoms with Gasteiger partial charge in [0.15, 0.2) is 0 Å². The number of nitrogens with zero attached hydrogens (tertiary/aromatic N) is 1. The van der Waals surface area contributed by atoms with Crippen molar-refractivity contribution in [3.05, 3.63) is 83.0 Å². The average Bonchev–Trinajstić information content (AvgIpc) is 2.63. The van der Waals surface area contributed by atoms with Gasteiger partial charge in [-0.25, -0.2) is 4.79 Å². The Hall–Kier alpha value is -2.49. The van der Waals surface area contributed by atoms with E-state index in [0.29, 0.717) is 6.42 Å². The SMILES string of the molecule is CC/C=C/C/C=C/C/C=C/CC/C=C/C=C/C/C=C/CCC(=O)[N+](=O)[O-]. The lowest BCUT2D eigenvalue weighted by Crippen LogP contribution is -2.09. The van der Waals surface area contributed by atoms with Gasteiger partial charge in [0.05, 0.1) is 6.42 Å². The lowest BCUT2D eigenvalue weighted by molar-refractivity contribution is -0.402. The number of hydrogen-bond acceptors (Lipinski definition) is 3. The predicted molar refractivity (Wildman–Crippen MR) is 109 cm³/mol. The highest BCUT2D eigenvalue weighted by Gasteiger charge is 2.11. The maximum absolute atomic E-state index is 10.8. The van der Waals surface area contributed by atoms with Crippen LogP contribution in [0.25, 0.3) is 0 Å². The van der Waals surface area contributed by atoms with Gasteiger partial charge in [-0.3, -0.25) is 10.1 Å². The molecule has 0 aromatic rings. The standard InChI is InChI=1S/C22H31NO3/c1-2-3-4-5-6-7-8-9-10-11-12-13-14-15-16-17-18-19-20-21-22(24)23(25)26/h3-4,6-7,9-10,13-16,18-19H,2,5,8,11-12,17,20-21H2,1H3/b4-3+,7-6+,10-9+,14-13+,16-15+,19-18+. The molecule has 0 spiro atoms. The van der Waals surface area contributed by atoms with Crippen LogP contribution in [-0.2, 0) is 4.79 Å². The van der Waals surface area contributed by atoms with E-state index in [2.05, 4.69) is 49.5 Å². The van der Waals surface area contributed by atoms with Gasteiger partial charge in [0, 0.05) is 0 Å². The fourth-order valence-electron chi connectivity index (χ4n) is 1.94. The molecule has 0 atom stereocenters. The Balaban J connectivity index is 3.58. The Morgan fingerprint density at radius 2 is 1.23 bits per heavy atom. The fourth-order valence-corrected chi connectivity index (χ4v) is 1.94. The number of allylic oxidation sites excluding steroid dienone is 12. The number of unbranched alkanes of at least 4 members (excludes halogenated alkanes) is 1. The number of carbonyl (C=O) groups is 1. The van der Waals surface area contributed by atoms with Gasteiger partial charge in [0.2, 0.25) is 0 Å². The molecule has 0 unspecified atom stereocenters. The minimum absolute atomic E-state index is 0.0354. The Kier molecular flexibility index (Phi) is 17.0. The van der Waals surface area contributed by atoms with Crippen molar-refractivity contribution in [2.24, 2.45) is 0 Å². The first-order valence-corrected chi connectivity index (χ1v) is 9.27. The number of nitro groups is 1. The molecule has 4 heteroatoms. The van der Waals surface area contributed by atoms with E-state index in [9.17, 15) is 14.9 Å². The van der Waals surface area contributed by atoms with Crippen LogP contribution in [0.15, 0.2) is 72.9 Å². The summed E-state index contributed by atoms with van der Waals surface area (Å²) >= 11 is 0. The molecule has 0 aromatic carbocycles. The molecule has 26 heavy (non-hydrogen) atoms. The zero-order valence-corrected chi connectivity index (χ0v) is 15.8. The van der Waals surface area contributed by atoms with Gasteiger partial charge in [-0.15, -0.1) is 0 Å². The monoisotopic (exact) mass is 357 g/mol. The van der Waals surface area contributed by atoms with Crippen LogP contribution in [0.5, 0.6) is 0 Å². The van der Waals surface area contributed by atoms with Gasteiger partial charge in [-0.05, 0) is 44.9 Å². The molecule has 1 amide bonds. The number of hydrogen-bond donors (Lipinski definition) is 0. The molecule has 0 saturated heterocycles. The minimum Gasteiger partial charge on any atom is -0.256 e. The molecule has 0 radical (unpaired) electrons. The topological polar surface area (TPSA) is 60.2 Å². The van der Waals surface area contributed by atoms with Crippen molar-refractivity contribution in [3.63, 3.8) is 0 Å². The molecule has 0 aliphatic heterocycles. The minimum atomic E-state index is -0.928. The van der Waals surface area contributed by atoms with Gasteiger partial charge in [0.25, 0.3) is 0 Å². The molecule has 0 N–H and O–H groups in total. The first kappa shape index (κ1) is 23.5. The summed E-state index contributed by atoms with van der Waals surface area (Å²) < 4.78 is 0. The lowest BCUT2D eigenvalue weighted by Gasteiger charge is -1.87. The number of amides is 1. The summed E-state index contributed by atoms with van der Waals surface area (Å²) in [5.74, 6) is -0.928. The zero-order chi connectivity index (χ0) is 19.3. The van der Waals surface area contributed by atoms with E-state index < -0.39 is 10.8 Å². The normalized spacial score (nSPS) is 12.8. The van der Waals surface area contributed by atoms with Crippen molar-refractivity contribution >= 4 is 5.91 Å². The summed E-state index contributed by atoms with van der Waals surface area (Å²) in [6.07, 6.45) is 31.3. The molecule has 0 aliphatic carbocycles. The molecule has 142 valence electrons. The molecule has 0 fully saturated rings. The summed E-state index contributed by atoms with van der Waals surface area (Å²) in [7, 11) is 0. The van der Waals surface area contributed by atoms with Crippen LogP contribution < -0.4 is 0 Å². The third kappa shape index (κ3) is 17.9. The van der Waals surface area contributed by atoms with Crippen molar-refractivity contribution in [3.8, 4) is 0 Å². The van der Waals surface area contributed by atoms with E-state index in [1.54, 1.807) is 6.08 Å². The molecular formula is C22H31NO3. The molecule has 0 aliphatic rings. The Morgan fingerprint density at radius 1 is 0.731 bits per heavy atom. The van der Waals surface area contributed by atoms with E-state index in [0.717, 1.165) is 38.5 Å².